The van der Waals surface area contributed by atoms with Crippen molar-refractivity contribution in [1.29, 1.82) is 0 Å². The van der Waals surface area contributed by atoms with Crippen LogP contribution >= 0.6 is 15.9 Å². The number of pyridine rings is 1. The Morgan fingerprint density at radius 2 is 2.33 bits per heavy atom. The number of hydrogen-bond donors (Lipinski definition) is 0. The topological polar surface area (TPSA) is 22.0 Å². The molecule has 9 heavy (non-hydrogen) atoms. The maximum absolute atomic E-state index is 10.8. The van der Waals surface area contributed by atoms with Crippen molar-refractivity contribution in [3.8, 4) is 0 Å². The molecule has 0 aliphatic heterocycles. The highest BCUT2D eigenvalue weighted by atomic mass is 79.9. The Kier molecular flexibility index (Phi) is 2.05. The van der Waals surface area contributed by atoms with Crippen LogP contribution in [-0.2, 0) is 5.45 Å². The first-order chi connectivity index (χ1) is 4.34. The summed E-state index contributed by atoms with van der Waals surface area (Å²) < 4.78 is 1.57. The predicted molar refractivity (Wildman–Crippen MR) is 39.6 cm³/mol. The molecule has 1 aromatic heterocycles. The molecule has 1 aromatic rings. The fraction of sp³-hybridized carbons (Fsp3) is 0.167. The molecule has 0 saturated carbocycles. The van der Waals surface area contributed by atoms with Crippen molar-refractivity contribution < 1.29 is 0 Å². The zero-order valence-electron chi connectivity index (χ0n) is 4.75. The highest BCUT2D eigenvalue weighted by molar-refractivity contribution is 9.08. The lowest BCUT2D eigenvalue weighted by Gasteiger charge is -1.94. The van der Waals surface area contributed by atoms with Crippen molar-refractivity contribution in [3.05, 3.63) is 34.7 Å². The van der Waals surface area contributed by atoms with Gasteiger partial charge in [-0.05, 0) is 6.07 Å². The smallest absolute Gasteiger partial charge is 0.251 e. The van der Waals surface area contributed by atoms with Gasteiger partial charge in [-0.2, -0.15) is 0 Å². The van der Waals surface area contributed by atoms with Gasteiger partial charge in [0.1, 0.15) is 0 Å². The van der Waals surface area contributed by atoms with E-state index in [4.69, 9.17) is 0 Å². The minimum atomic E-state index is 0.0226. The van der Waals surface area contributed by atoms with Crippen molar-refractivity contribution in [2.24, 2.45) is 0 Å². The third kappa shape index (κ3) is 1.42. The minimum absolute atomic E-state index is 0.0226. The van der Waals surface area contributed by atoms with Crippen LogP contribution in [0.5, 0.6) is 0 Å². The molecule has 0 unspecified atom stereocenters. The average Bonchev–Trinajstić information content (AvgIpc) is 1.89. The summed E-state index contributed by atoms with van der Waals surface area (Å²) in [6.07, 6.45) is 1.73. The van der Waals surface area contributed by atoms with Crippen LogP contribution in [0.1, 0.15) is 0 Å². The molecular formula is C6H6BrNO. The van der Waals surface area contributed by atoms with Crippen LogP contribution in [0.4, 0.5) is 0 Å². The van der Waals surface area contributed by atoms with Crippen molar-refractivity contribution >= 4 is 15.9 Å². The quantitative estimate of drug-likeness (QED) is 0.607. The van der Waals surface area contributed by atoms with E-state index in [0.717, 1.165) is 0 Å². The van der Waals surface area contributed by atoms with E-state index in [0.29, 0.717) is 5.45 Å². The van der Waals surface area contributed by atoms with Gasteiger partial charge in [0.05, 0.1) is 5.45 Å². The fourth-order valence-corrected chi connectivity index (χ4v) is 0.974. The highest BCUT2D eigenvalue weighted by Gasteiger charge is 1.85. The Labute approximate surface area is 61.3 Å². The molecule has 0 spiro atoms. The van der Waals surface area contributed by atoms with Crippen LogP contribution < -0.4 is 5.56 Å². The lowest BCUT2D eigenvalue weighted by atomic mass is 10.5. The molecule has 48 valence electrons. The van der Waals surface area contributed by atoms with E-state index in [9.17, 15) is 4.79 Å². The number of aromatic nitrogens is 1. The van der Waals surface area contributed by atoms with E-state index >= 15 is 0 Å². The first kappa shape index (κ1) is 6.55. The van der Waals surface area contributed by atoms with Crippen LogP contribution in [0, 0.1) is 0 Å². The molecule has 0 amide bonds. The zero-order chi connectivity index (χ0) is 6.69. The van der Waals surface area contributed by atoms with Gasteiger partial charge in [-0.15, -0.1) is 0 Å². The Bertz CT molecular complexity index is 243. The molecule has 0 aliphatic carbocycles. The van der Waals surface area contributed by atoms with E-state index in [1.54, 1.807) is 16.8 Å². The summed E-state index contributed by atoms with van der Waals surface area (Å²) in [5.41, 5.74) is 0.585. The molecule has 3 heteroatoms. The van der Waals surface area contributed by atoms with Gasteiger partial charge in [0, 0.05) is 12.3 Å². The maximum atomic E-state index is 10.8. The minimum Gasteiger partial charge on any atom is -0.305 e. The first-order valence-corrected chi connectivity index (χ1v) is 3.68. The summed E-state index contributed by atoms with van der Waals surface area (Å²) in [7, 11) is 0. The van der Waals surface area contributed by atoms with Gasteiger partial charge < -0.3 is 4.57 Å². The van der Waals surface area contributed by atoms with Gasteiger partial charge in [-0.25, -0.2) is 0 Å². The number of rotatable bonds is 1. The second kappa shape index (κ2) is 2.82. The number of nitrogens with zero attached hydrogens (tertiary/aromatic N) is 1. The first-order valence-electron chi connectivity index (χ1n) is 2.56. The summed E-state index contributed by atoms with van der Waals surface area (Å²) in [5, 5.41) is 0. The molecule has 1 rings (SSSR count). The summed E-state index contributed by atoms with van der Waals surface area (Å²) in [4.78, 5) is 10.8. The van der Waals surface area contributed by atoms with Crippen LogP contribution in [0.3, 0.4) is 0 Å². The van der Waals surface area contributed by atoms with Crippen molar-refractivity contribution in [2.75, 3.05) is 0 Å². The molecule has 0 aromatic carbocycles. The largest absolute Gasteiger partial charge is 0.305 e. The van der Waals surface area contributed by atoms with Gasteiger partial charge in [0.25, 0.3) is 5.56 Å². The molecule has 0 N–H and O–H groups in total. The standard InChI is InChI=1S/C6H6BrNO/c7-5-8-4-2-1-3-6(8)9/h1-4H,5H2. The number of halogens is 1. The van der Waals surface area contributed by atoms with E-state index in [2.05, 4.69) is 15.9 Å². The molecule has 1 heterocycles. The van der Waals surface area contributed by atoms with Gasteiger partial charge >= 0.3 is 0 Å². The molecule has 2 nitrogen and oxygen atoms in total. The molecule has 0 radical (unpaired) electrons. The van der Waals surface area contributed by atoms with Crippen LogP contribution in [0.15, 0.2) is 29.2 Å². The molecule has 0 atom stereocenters. The average molecular weight is 188 g/mol. The van der Waals surface area contributed by atoms with Crippen LogP contribution in [0.25, 0.3) is 0 Å². The monoisotopic (exact) mass is 187 g/mol. The van der Waals surface area contributed by atoms with Gasteiger partial charge in [-0.3, -0.25) is 4.79 Å². The summed E-state index contributed by atoms with van der Waals surface area (Å²) in [5.74, 6) is 0. The van der Waals surface area contributed by atoms with Crippen molar-refractivity contribution in [3.63, 3.8) is 0 Å². The number of alkyl halides is 1. The predicted octanol–water partition coefficient (Wildman–Crippen LogP) is 1.20. The van der Waals surface area contributed by atoms with E-state index < -0.39 is 0 Å². The van der Waals surface area contributed by atoms with E-state index in [1.807, 2.05) is 6.07 Å². The molecule has 0 aliphatic rings. The Morgan fingerprint density at radius 1 is 1.56 bits per heavy atom. The lowest BCUT2D eigenvalue weighted by Crippen LogP contribution is -2.14. The third-order valence-electron chi connectivity index (χ3n) is 1.03. The molecular weight excluding hydrogens is 182 g/mol. The van der Waals surface area contributed by atoms with Gasteiger partial charge in [0.2, 0.25) is 0 Å². The fourth-order valence-electron chi connectivity index (χ4n) is 0.559. The van der Waals surface area contributed by atoms with Gasteiger partial charge in [-0.1, -0.05) is 22.0 Å². The molecule has 0 bridgehead atoms. The Hall–Kier alpha value is -0.570. The maximum Gasteiger partial charge on any atom is 0.251 e. The molecule has 0 saturated heterocycles. The van der Waals surface area contributed by atoms with Crippen molar-refractivity contribution in [1.82, 2.24) is 4.57 Å². The second-order valence-corrected chi connectivity index (χ2v) is 2.13. The Balaban J connectivity index is 3.16. The summed E-state index contributed by atoms with van der Waals surface area (Å²) in [6.45, 7) is 0. The van der Waals surface area contributed by atoms with Crippen LogP contribution in [0.2, 0.25) is 0 Å². The highest BCUT2D eigenvalue weighted by Crippen LogP contribution is 1.86. The Morgan fingerprint density at radius 3 is 2.78 bits per heavy atom. The lowest BCUT2D eigenvalue weighted by molar-refractivity contribution is 0.850. The second-order valence-electron chi connectivity index (χ2n) is 1.63. The zero-order valence-corrected chi connectivity index (χ0v) is 6.34. The number of hydrogen-bond acceptors (Lipinski definition) is 1. The van der Waals surface area contributed by atoms with Crippen molar-refractivity contribution in [2.45, 2.75) is 5.45 Å². The SMILES string of the molecule is O=c1ccccn1CBr. The van der Waals surface area contributed by atoms with Gasteiger partial charge in [0.15, 0.2) is 0 Å². The summed E-state index contributed by atoms with van der Waals surface area (Å²) >= 11 is 3.17. The third-order valence-corrected chi connectivity index (χ3v) is 1.57. The van der Waals surface area contributed by atoms with Crippen LogP contribution in [-0.4, -0.2) is 4.57 Å². The van der Waals surface area contributed by atoms with E-state index in [-0.39, 0.29) is 5.56 Å². The summed E-state index contributed by atoms with van der Waals surface area (Å²) in [6, 6.07) is 5.07. The van der Waals surface area contributed by atoms with E-state index in [1.165, 1.54) is 6.07 Å². The normalized spacial score (nSPS) is 9.44. The molecule has 0 fully saturated rings.